The van der Waals surface area contributed by atoms with E-state index in [2.05, 4.69) is 50.9 Å². The molecule has 1 rings (SSSR count). The van der Waals surface area contributed by atoms with Gasteiger partial charge < -0.3 is 15.3 Å². The average Bonchev–Trinajstić information content (AvgIpc) is 2.41. The summed E-state index contributed by atoms with van der Waals surface area (Å²) < 4.78 is 0. The van der Waals surface area contributed by atoms with E-state index in [-0.39, 0.29) is 6.04 Å². The van der Waals surface area contributed by atoms with E-state index in [0.717, 1.165) is 37.3 Å². The third kappa shape index (κ3) is 4.71. The van der Waals surface area contributed by atoms with Crippen LogP contribution in [-0.4, -0.2) is 24.7 Å². The van der Waals surface area contributed by atoms with Crippen LogP contribution in [0.4, 0.5) is 5.69 Å². The molecule has 114 valence electrons. The molecule has 0 aromatic heterocycles. The van der Waals surface area contributed by atoms with E-state index in [1.807, 2.05) is 12.1 Å². The Hall–Kier alpha value is -1.22. The van der Waals surface area contributed by atoms with Crippen molar-refractivity contribution in [3.63, 3.8) is 0 Å². The second kappa shape index (κ2) is 8.15. The van der Waals surface area contributed by atoms with Gasteiger partial charge in [0.1, 0.15) is 5.75 Å². The summed E-state index contributed by atoms with van der Waals surface area (Å²) in [5.74, 6) is 1.00. The van der Waals surface area contributed by atoms with Crippen molar-refractivity contribution in [3.8, 4) is 5.75 Å². The molecule has 0 fully saturated rings. The second-order valence-corrected chi connectivity index (χ2v) is 5.85. The van der Waals surface area contributed by atoms with E-state index in [1.165, 1.54) is 0 Å². The van der Waals surface area contributed by atoms with Crippen LogP contribution in [0.2, 0.25) is 0 Å². The Morgan fingerprint density at radius 2 is 1.90 bits per heavy atom. The molecule has 0 saturated heterocycles. The van der Waals surface area contributed by atoms with Crippen LogP contribution in [0.25, 0.3) is 0 Å². The van der Waals surface area contributed by atoms with Gasteiger partial charge in [-0.25, -0.2) is 0 Å². The van der Waals surface area contributed by atoms with Crippen LogP contribution in [0.1, 0.15) is 52.6 Å². The maximum Gasteiger partial charge on any atom is 0.122 e. The Labute approximate surface area is 124 Å². The Morgan fingerprint density at radius 3 is 2.40 bits per heavy atom. The van der Waals surface area contributed by atoms with E-state index in [4.69, 9.17) is 0 Å². The van der Waals surface area contributed by atoms with E-state index < -0.39 is 0 Å². The predicted molar refractivity (Wildman–Crippen MR) is 87.5 cm³/mol. The Kier molecular flexibility index (Phi) is 6.86. The second-order valence-electron chi connectivity index (χ2n) is 5.85. The molecule has 0 aliphatic carbocycles. The van der Waals surface area contributed by atoms with Crippen LogP contribution in [0.5, 0.6) is 5.75 Å². The summed E-state index contributed by atoms with van der Waals surface area (Å²) in [5, 5.41) is 13.7. The molecule has 1 unspecified atom stereocenters. The van der Waals surface area contributed by atoms with Crippen LogP contribution in [-0.2, 0) is 0 Å². The fourth-order valence-corrected chi connectivity index (χ4v) is 2.42. The van der Waals surface area contributed by atoms with Gasteiger partial charge in [-0.1, -0.05) is 26.8 Å². The Bertz CT molecular complexity index is 404. The molecular weight excluding hydrogens is 248 g/mol. The number of nitrogens with one attached hydrogen (secondary N) is 1. The first kappa shape index (κ1) is 16.8. The smallest absolute Gasteiger partial charge is 0.122 e. The molecular formula is C17H30N2O. The first-order chi connectivity index (χ1) is 9.49. The summed E-state index contributed by atoms with van der Waals surface area (Å²) in [5.41, 5.74) is 2.08. The molecule has 0 bridgehead atoms. The molecule has 2 N–H and O–H groups in total. The first-order valence-electron chi connectivity index (χ1n) is 7.80. The van der Waals surface area contributed by atoms with Crippen molar-refractivity contribution in [1.82, 2.24) is 5.32 Å². The van der Waals surface area contributed by atoms with E-state index in [1.54, 1.807) is 0 Å². The SMILES string of the molecule is CCCNC(C)c1ccc(N(CC)CC(C)C)cc1O. The minimum absolute atomic E-state index is 0.184. The van der Waals surface area contributed by atoms with Gasteiger partial charge in [-0.2, -0.15) is 0 Å². The fraction of sp³-hybridized carbons (Fsp3) is 0.647. The number of hydrogen-bond donors (Lipinski definition) is 2. The summed E-state index contributed by atoms with van der Waals surface area (Å²) in [6.07, 6.45) is 1.10. The Morgan fingerprint density at radius 1 is 1.20 bits per heavy atom. The number of rotatable bonds is 8. The third-order valence-electron chi connectivity index (χ3n) is 3.51. The molecule has 0 radical (unpaired) electrons. The average molecular weight is 278 g/mol. The van der Waals surface area contributed by atoms with Crippen molar-refractivity contribution in [1.29, 1.82) is 0 Å². The number of anilines is 1. The van der Waals surface area contributed by atoms with Gasteiger partial charge in [0, 0.05) is 36.4 Å². The number of phenols is 1. The highest BCUT2D eigenvalue weighted by Gasteiger charge is 2.13. The summed E-state index contributed by atoms with van der Waals surface area (Å²) >= 11 is 0. The lowest BCUT2D eigenvalue weighted by Gasteiger charge is -2.26. The molecule has 3 heteroatoms. The largest absolute Gasteiger partial charge is 0.508 e. The molecule has 1 aromatic carbocycles. The van der Waals surface area contributed by atoms with Crippen molar-refractivity contribution in [2.24, 2.45) is 5.92 Å². The van der Waals surface area contributed by atoms with Crippen LogP contribution in [0.15, 0.2) is 18.2 Å². The van der Waals surface area contributed by atoms with Crippen LogP contribution in [0.3, 0.4) is 0 Å². The van der Waals surface area contributed by atoms with Gasteiger partial charge in [-0.15, -0.1) is 0 Å². The van der Waals surface area contributed by atoms with Crippen molar-refractivity contribution in [3.05, 3.63) is 23.8 Å². The lowest BCUT2D eigenvalue weighted by Crippen LogP contribution is -2.27. The number of nitrogens with zero attached hydrogens (tertiary/aromatic N) is 1. The maximum absolute atomic E-state index is 10.3. The van der Waals surface area contributed by atoms with E-state index in [9.17, 15) is 5.11 Å². The number of phenolic OH excluding ortho intramolecular Hbond substituents is 1. The monoisotopic (exact) mass is 278 g/mol. The van der Waals surface area contributed by atoms with Gasteiger partial charge in [-0.3, -0.25) is 0 Å². The zero-order chi connectivity index (χ0) is 15.1. The topological polar surface area (TPSA) is 35.5 Å². The van der Waals surface area contributed by atoms with Crippen LogP contribution >= 0.6 is 0 Å². The van der Waals surface area contributed by atoms with Crippen LogP contribution < -0.4 is 10.2 Å². The van der Waals surface area contributed by atoms with Crippen molar-refractivity contribution in [2.45, 2.75) is 47.1 Å². The minimum atomic E-state index is 0.184. The van der Waals surface area contributed by atoms with E-state index >= 15 is 0 Å². The van der Waals surface area contributed by atoms with Gasteiger partial charge in [0.2, 0.25) is 0 Å². The lowest BCUT2D eigenvalue weighted by molar-refractivity contribution is 0.452. The summed E-state index contributed by atoms with van der Waals surface area (Å²) in [4.78, 5) is 2.30. The molecule has 0 saturated carbocycles. The molecule has 20 heavy (non-hydrogen) atoms. The maximum atomic E-state index is 10.3. The molecule has 3 nitrogen and oxygen atoms in total. The fourth-order valence-electron chi connectivity index (χ4n) is 2.42. The number of aromatic hydroxyl groups is 1. The highest BCUT2D eigenvalue weighted by Crippen LogP contribution is 2.29. The lowest BCUT2D eigenvalue weighted by atomic mass is 10.1. The molecule has 1 atom stereocenters. The van der Waals surface area contributed by atoms with Gasteiger partial charge in [0.25, 0.3) is 0 Å². The molecule has 0 spiro atoms. The normalized spacial score (nSPS) is 12.7. The van der Waals surface area contributed by atoms with Crippen molar-refractivity contribution in [2.75, 3.05) is 24.5 Å². The summed E-state index contributed by atoms with van der Waals surface area (Å²) in [6.45, 7) is 13.8. The van der Waals surface area contributed by atoms with Crippen molar-refractivity contribution < 1.29 is 5.11 Å². The first-order valence-corrected chi connectivity index (χ1v) is 7.80. The summed E-state index contributed by atoms with van der Waals surface area (Å²) in [6, 6.07) is 6.24. The quantitative estimate of drug-likeness (QED) is 0.756. The molecule has 0 aliphatic heterocycles. The van der Waals surface area contributed by atoms with Gasteiger partial charge in [0.15, 0.2) is 0 Å². The predicted octanol–water partition coefficient (Wildman–Crippen LogP) is 3.94. The molecule has 0 heterocycles. The molecule has 0 aliphatic rings. The summed E-state index contributed by atoms with van der Waals surface area (Å²) in [7, 11) is 0. The van der Waals surface area contributed by atoms with E-state index in [0.29, 0.717) is 11.7 Å². The minimum Gasteiger partial charge on any atom is -0.508 e. The Balaban J connectivity index is 2.85. The van der Waals surface area contributed by atoms with Gasteiger partial charge in [-0.05, 0) is 38.8 Å². The van der Waals surface area contributed by atoms with Gasteiger partial charge >= 0.3 is 0 Å². The molecule has 1 aromatic rings. The number of benzene rings is 1. The van der Waals surface area contributed by atoms with Crippen molar-refractivity contribution >= 4 is 5.69 Å². The highest BCUT2D eigenvalue weighted by molar-refractivity contribution is 5.54. The van der Waals surface area contributed by atoms with Crippen LogP contribution in [0, 0.1) is 5.92 Å². The number of hydrogen-bond acceptors (Lipinski definition) is 3. The standard InChI is InChI=1S/C17H30N2O/c1-6-10-18-14(5)16-9-8-15(11-17(16)20)19(7-2)12-13(3)4/h8-9,11,13-14,18,20H,6-7,10,12H2,1-5H3. The highest BCUT2D eigenvalue weighted by atomic mass is 16.3. The van der Waals surface area contributed by atoms with Gasteiger partial charge in [0.05, 0.1) is 0 Å². The zero-order valence-corrected chi connectivity index (χ0v) is 13.6. The molecule has 0 amide bonds. The zero-order valence-electron chi connectivity index (χ0n) is 13.6. The third-order valence-corrected chi connectivity index (χ3v) is 3.51.